The number of rotatable bonds is 4. The summed E-state index contributed by atoms with van der Waals surface area (Å²) in [6.07, 6.45) is 3.88. The lowest BCUT2D eigenvalue weighted by molar-refractivity contribution is 0.181. The third-order valence-electron chi connectivity index (χ3n) is 3.65. The molecule has 1 N–H and O–H groups in total. The first-order valence-electron chi connectivity index (χ1n) is 6.68. The summed E-state index contributed by atoms with van der Waals surface area (Å²) in [6, 6.07) is 14.6. The zero-order valence-corrected chi connectivity index (χ0v) is 11.0. The van der Waals surface area contributed by atoms with E-state index >= 15 is 0 Å². The molecule has 0 spiro atoms. The third kappa shape index (κ3) is 2.61. The van der Waals surface area contributed by atoms with Gasteiger partial charge in [-0.25, -0.2) is 0 Å². The second-order valence-corrected chi connectivity index (χ2v) is 4.89. The predicted molar refractivity (Wildman–Crippen MR) is 75.4 cm³/mol. The monoisotopic (exact) mass is 254 g/mol. The minimum atomic E-state index is 0.185. The number of para-hydroxylation sites is 1. The molecule has 0 aliphatic carbocycles. The van der Waals surface area contributed by atoms with Crippen molar-refractivity contribution in [2.45, 2.75) is 25.0 Å². The number of fused-ring (bicyclic) bond motifs is 1. The van der Waals surface area contributed by atoms with Crippen LogP contribution in [0.15, 0.2) is 48.7 Å². The van der Waals surface area contributed by atoms with Crippen LogP contribution in [0.3, 0.4) is 0 Å². The summed E-state index contributed by atoms with van der Waals surface area (Å²) in [7, 11) is 1.99. The lowest BCUT2D eigenvalue weighted by atomic mass is 10.0. The van der Waals surface area contributed by atoms with Crippen LogP contribution < -0.4 is 10.1 Å². The summed E-state index contributed by atoms with van der Waals surface area (Å²) < 4.78 is 6.04. The normalized spacial score (nSPS) is 18.7. The first-order valence-corrected chi connectivity index (χ1v) is 6.68. The van der Waals surface area contributed by atoms with Crippen molar-refractivity contribution in [3.05, 3.63) is 59.9 Å². The molecular weight excluding hydrogens is 236 g/mol. The van der Waals surface area contributed by atoms with Crippen LogP contribution in [0.4, 0.5) is 0 Å². The summed E-state index contributed by atoms with van der Waals surface area (Å²) in [4.78, 5) is 4.39. The van der Waals surface area contributed by atoms with E-state index in [1.807, 2.05) is 37.5 Å². The first kappa shape index (κ1) is 12.2. The fourth-order valence-electron chi connectivity index (χ4n) is 2.60. The van der Waals surface area contributed by atoms with Gasteiger partial charge < -0.3 is 10.1 Å². The Morgan fingerprint density at radius 3 is 2.84 bits per heavy atom. The fourth-order valence-corrected chi connectivity index (χ4v) is 2.60. The van der Waals surface area contributed by atoms with E-state index in [4.69, 9.17) is 4.74 Å². The van der Waals surface area contributed by atoms with Gasteiger partial charge in [0.05, 0.1) is 0 Å². The van der Waals surface area contributed by atoms with Gasteiger partial charge in [-0.05, 0) is 30.8 Å². The van der Waals surface area contributed by atoms with Gasteiger partial charge in [-0.2, -0.15) is 0 Å². The van der Waals surface area contributed by atoms with E-state index < -0.39 is 0 Å². The molecule has 3 rings (SSSR count). The Morgan fingerprint density at radius 1 is 1.26 bits per heavy atom. The number of benzene rings is 1. The van der Waals surface area contributed by atoms with Crippen molar-refractivity contribution in [2.75, 3.05) is 7.05 Å². The zero-order valence-electron chi connectivity index (χ0n) is 11.0. The van der Waals surface area contributed by atoms with Crippen LogP contribution in [0.25, 0.3) is 0 Å². The van der Waals surface area contributed by atoms with Crippen molar-refractivity contribution in [1.82, 2.24) is 10.3 Å². The molecule has 1 aliphatic heterocycles. The number of hydrogen-bond acceptors (Lipinski definition) is 3. The Morgan fingerprint density at radius 2 is 2.11 bits per heavy atom. The molecule has 0 fully saturated rings. The van der Waals surface area contributed by atoms with Gasteiger partial charge in [0, 0.05) is 30.8 Å². The van der Waals surface area contributed by atoms with E-state index in [0.717, 1.165) is 24.3 Å². The van der Waals surface area contributed by atoms with Gasteiger partial charge in [0.15, 0.2) is 0 Å². The van der Waals surface area contributed by atoms with Gasteiger partial charge >= 0.3 is 0 Å². The molecule has 3 heteroatoms. The molecule has 0 bridgehead atoms. The Hall–Kier alpha value is -1.87. The van der Waals surface area contributed by atoms with Crippen molar-refractivity contribution in [2.24, 2.45) is 0 Å². The predicted octanol–water partition coefficient (Wildman–Crippen LogP) is 2.22. The molecule has 1 aliphatic rings. The van der Waals surface area contributed by atoms with E-state index in [1.54, 1.807) is 0 Å². The molecule has 0 radical (unpaired) electrons. The largest absolute Gasteiger partial charge is 0.488 e. The lowest BCUT2D eigenvalue weighted by Gasteiger charge is -2.22. The highest BCUT2D eigenvalue weighted by Gasteiger charge is 2.29. The molecule has 1 aromatic carbocycles. The minimum absolute atomic E-state index is 0.185. The molecule has 2 atom stereocenters. The third-order valence-corrected chi connectivity index (χ3v) is 3.65. The molecule has 3 nitrogen and oxygen atoms in total. The molecule has 0 saturated carbocycles. The highest BCUT2D eigenvalue weighted by atomic mass is 16.5. The molecule has 19 heavy (non-hydrogen) atoms. The van der Waals surface area contributed by atoms with Crippen molar-refractivity contribution < 1.29 is 4.74 Å². The molecule has 0 saturated heterocycles. The van der Waals surface area contributed by atoms with E-state index in [-0.39, 0.29) is 12.1 Å². The van der Waals surface area contributed by atoms with E-state index in [9.17, 15) is 0 Å². The van der Waals surface area contributed by atoms with Crippen LogP contribution in [0.5, 0.6) is 5.75 Å². The van der Waals surface area contributed by atoms with Gasteiger partial charge in [-0.3, -0.25) is 4.98 Å². The average molecular weight is 254 g/mol. The van der Waals surface area contributed by atoms with Gasteiger partial charge in [0.25, 0.3) is 0 Å². The minimum Gasteiger partial charge on any atom is -0.488 e. The second-order valence-electron chi connectivity index (χ2n) is 4.89. The summed E-state index contributed by atoms with van der Waals surface area (Å²) in [5.74, 6) is 1.02. The van der Waals surface area contributed by atoms with Gasteiger partial charge in [0.1, 0.15) is 11.9 Å². The molecule has 1 aromatic heterocycles. The number of ether oxygens (including phenoxy) is 1. The second kappa shape index (κ2) is 5.41. The SMILES string of the molecule is CNC(Cc1ccccn1)C1Cc2ccccc2O1. The summed E-state index contributed by atoms with van der Waals surface area (Å²) >= 11 is 0. The van der Waals surface area contributed by atoms with Crippen molar-refractivity contribution in [3.63, 3.8) is 0 Å². The van der Waals surface area contributed by atoms with Crippen molar-refractivity contribution in [3.8, 4) is 5.75 Å². The van der Waals surface area contributed by atoms with E-state index in [1.165, 1.54) is 5.56 Å². The Labute approximate surface area is 113 Å². The van der Waals surface area contributed by atoms with Crippen LogP contribution in [0, 0.1) is 0 Å². The highest BCUT2D eigenvalue weighted by Crippen LogP contribution is 2.30. The van der Waals surface area contributed by atoms with Crippen LogP contribution in [0.2, 0.25) is 0 Å². The van der Waals surface area contributed by atoms with Crippen molar-refractivity contribution in [1.29, 1.82) is 0 Å². The zero-order chi connectivity index (χ0) is 13.1. The van der Waals surface area contributed by atoms with Gasteiger partial charge in [-0.15, -0.1) is 0 Å². The topological polar surface area (TPSA) is 34.2 Å². The lowest BCUT2D eigenvalue weighted by Crippen LogP contribution is -2.42. The molecular formula is C16H18N2O. The maximum atomic E-state index is 6.04. The van der Waals surface area contributed by atoms with Crippen LogP contribution in [-0.4, -0.2) is 24.2 Å². The number of hydrogen-bond donors (Lipinski definition) is 1. The smallest absolute Gasteiger partial charge is 0.123 e. The standard InChI is InChI=1S/C16H18N2O/c1-17-14(11-13-7-4-5-9-18-13)16-10-12-6-2-3-8-15(12)19-16/h2-9,14,16-17H,10-11H2,1H3. The van der Waals surface area contributed by atoms with Gasteiger partial charge in [0.2, 0.25) is 0 Å². The quantitative estimate of drug-likeness (QED) is 0.908. The number of nitrogens with zero attached hydrogens (tertiary/aromatic N) is 1. The number of likely N-dealkylation sites (N-methyl/N-ethyl adjacent to an activating group) is 1. The molecule has 98 valence electrons. The van der Waals surface area contributed by atoms with E-state index in [0.29, 0.717) is 0 Å². The summed E-state index contributed by atoms with van der Waals surface area (Å²) in [5.41, 5.74) is 2.40. The Balaban J connectivity index is 1.71. The van der Waals surface area contributed by atoms with Gasteiger partial charge in [-0.1, -0.05) is 24.3 Å². The molecule has 2 unspecified atom stereocenters. The Bertz CT molecular complexity index is 516. The number of pyridine rings is 1. The molecule has 2 aromatic rings. The number of nitrogens with one attached hydrogen (secondary N) is 1. The highest BCUT2D eigenvalue weighted by molar-refractivity contribution is 5.37. The fraction of sp³-hybridized carbons (Fsp3) is 0.312. The average Bonchev–Trinajstić information content (AvgIpc) is 2.89. The summed E-state index contributed by atoms with van der Waals surface area (Å²) in [5, 5.41) is 3.36. The molecule has 2 heterocycles. The van der Waals surface area contributed by atoms with Crippen LogP contribution >= 0.6 is 0 Å². The first-order chi connectivity index (χ1) is 9.36. The Kier molecular flexibility index (Phi) is 3.47. The summed E-state index contributed by atoms with van der Waals surface area (Å²) in [6.45, 7) is 0. The maximum absolute atomic E-state index is 6.04. The van der Waals surface area contributed by atoms with E-state index in [2.05, 4.69) is 28.5 Å². The molecule has 0 amide bonds. The van der Waals surface area contributed by atoms with Crippen LogP contribution in [-0.2, 0) is 12.8 Å². The maximum Gasteiger partial charge on any atom is 0.123 e. The number of aromatic nitrogens is 1. The van der Waals surface area contributed by atoms with Crippen LogP contribution in [0.1, 0.15) is 11.3 Å². The van der Waals surface area contributed by atoms with Crippen molar-refractivity contribution >= 4 is 0 Å².